The van der Waals surface area contributed by atoms with Gasteiger partial charge in [-0.1, -0.05) is 36.2 Å². The van der Waals surface area contributed by atoms with Gasteiger partial charge in [-0.05, 0) is 24.7 Å². The van der Waals surface area contributed by atoms with Crippen LogP contribution in [0.4, 0.5) is 5.69 Å². The molecule has 5 heteroatoms. The maximum atomic E-state index is 12.2. The van der Waals surface area contributed by atoms with E-state index in [9.17, 15) is 4.79 Å². The smallest absolute Gasteiger partial charge is 0.268 e. The predicted molar refractivity (Wildman–Crippen MR) is 86.7 cm³/mol. The fraction of sp³-hybridized carbons (Fsp3) is 0.733. The summed E-state index contributed by atoms with van der Waals surface area (Å²) in [5, 5.41) is 5.26. The molecular weight excluding hydrogens is 318 g/mol. The van der Waals surface area contributed by atoms with Crippen molar-refractivity contribution >= 4 is 21.6 Å². The molecule has 112 valence electrons. The van der Waals surface area contributed by atoms with E-state index in [0.717, 1.165) is 36.4 Å². The Bertz CT molecular complexity index is 476. The number of halogens is 1. The molecule has 0 radical (unpaired) electrons. The molecule has 4 nitrogen and oxygen atoms in total. The second kappa shape index (κ2) is 7.25. The lowest BCUT2D eigenvalue weighted by molar-refractivity contribution is 0.426. The van der Waals surface area contributed by atoms with Crippen molar-refractivity contribution in [3.05, 3.63) is 22.6 Å². The summed E-state index contributed by atoms with van der Waals surface area (Å²) < 4.78 is 1.59. The van der Waals surface area contributed by atoms with Crippen molar-refractivity contribution in [1.82, 2.24) is 9.78 Å². The van der Waals surface area contributed by atoms with Crippen molar-refractivity contribution < 1.29 is 0 Å². The molecule has 0 aromatic carbocycles. The molecule has 1 aliphatic rings. The van der Waals surface area contributed by atoms with Gasteiger partial charge in [0.05, 0.1) is 11.9 Å². The number of anilines is 1. The molecule has 0 saturated carbocycles. The summed E-state index contributed by atoms with van der Waals surface area (Å²) in [6.07, 6.45) is 5.29. The summed E-state index contributed by atoms with van der Waals surface area (Å²) in [6.45, 7) is 7.19. The Kier molecular flexibility index (Phi) is 5.64. The monoisotopic (exact) mass is 341 g/mol. The highest BCUT2D eigenvalue weighted by Crippen LogP contribution is 2.21. The topological polar surface area (TPSA) is 38.1 Å². The van der Waals surface area contributed by atoms with Gasteiger partial charge < -0.3 is 4.90 Å². The number of hydrogen-bond donors (Lipinski definition) is 0. The van der Waals surface area contributed by atoms with Crippen LogP contribution in [-0.4, -0.2) is 28.2 Å². The first kappa shape index (κ1) is 15.5. The lowest BCUT2D eigenvalue weighted by atomic mass is 9.99. The Morgan fingerprint density at radius 3 is 2.70 bits per heavy atom. The molecule has 1 fully saturated rings. The van der Waals surface area contributed by atoms with Gasteiger partial charge in [-0.3, -0.25) is 4.79 Å². The molecule has 0 spiro atoms. The van der Waals surface area contributed by atoms with Crippen LogP contribution in [0.1, 0.15) is 33.1 Å². The zero-order chi connectivity index (χ0) is 14.5. The molecule has 20 heavy (non-hydrogen) atoms. The molecule has 1 saturated heterocycles. The number of aromatic nitrogens is 2. The number of nitrogens with zero attached hydrogens (tertiary/aromatic N) is 3. The molecule has 1 unspecified atom stereocenters. The Morgan fingerprint density at radius 2 is 2.15 bits per heavy atom. The molecular formula is C15H24BrN3O. The summed E-state index contributed by atoms with van der Waals surface area (Å²) in [7, 11) is 0. The van der Waals surface area contributed by atoms with Crippen molar-refractivity contribution in [2.75, 3.05) is 23.3 Å². The second-order valence-corrected chi connectivity index (χ2v) is 6.48. The zero-order valence-electron chi connectivity index (χ0n) is 12.4. The first-order valence-corrected chi connectivity index (χ1v) is 8.64. The molecule has 1 aromatic rings. The Labute approximate surface area is 129 Å². The molecule has 1 atom stereocenters. The third kappa shape index (κ3) is 3.84. The fourth-order valence-corrected chi connectivity index (χ4v) is 3.20. The van der Waals surface area contributed by atoms with Crippen molar-refractivity contribution in [1.29, 1.82) is 0 Å². The van der Waals surface area contributed by atoms with E-state index in [0.29, 0.717) is 12.5 Å². The molecule has 0 bridgehead atoms. The fourth-order valence-electron chi connectivity index (χ4n) is 2.53. The summed E-state index contributed by atoms with van der Waals surface area (Å²) in [5.74, 6) is 1.26. The van der Waals surface area contributed by atoms with Gasteiger partial charge in [-0.2, -0.15) is 5.10 Å². The summed E-state index contributed by atoms with van der Waals surface area (Å²) in [6, 6.07) is 1.74. The van der Waals surface area contributed by atoms with Gasteiger partial charge in [0.25, 0.3) is 5.56 Å². The van der Waals surface area contributed by atoms with Crippen molar-refractivity contribution in [2.24, 2.45) is 11.8 Å². The molecule has 0 amide bonds. The molecule has 0 aliphatic carbocycles. The molecule has 0 N–H and O–H groups in total. The summed E-state index contributed by atoms with van der Waals surface area (Å²) in [4.78, 5) is 14.5. The maximum absolute atomic E-state index is 12.2. The van der Waals surface area contributed by atoms with E-state index >= 15 is 0 Å². The largest absolute Gasteiger partial charge is 0.370 e. The van der Waals surface area contributed by atoms with Crippen LogP contribution in [0.15, 0.2) is 17.1 Å². The molecule has 1 aliphatic heterocycles. The molecule has 2 rings (SSSR count). The summed E-state index contributed by atoms with van der Waals surface area (Å²) in [5.41, 5.74) is 0.991. The van der Waals surface area contributed by atoms with E-state index in [-0.39, 0.29) is 5.56 Å². The Hall–Kier alpha value is -0.840. The lowest BCUT2D eigenvalue weighted by Crippen LogP contribution is -2.35. The number of rotatable bonds is 5. The van der Waals surface area contributed by atoms with Gasteiger partial charge in [0.1, 0.15) is 0 Å². The van der Waals surface area contributed by atoms with Gasteiger partial charge in [0.2, 0.25) is 0 Å². The van der Waals surface area contributed by atoms with Crippen LogP contribution in [0, 0.1) is 11.8 Å². The number of hydrogen-bond acceptors (Lipinski definition) is 3. The highest BCUT2D eigenvalue weighted by molar-refractivity contribution is 9.09. The van der Waals surface area contributed by atoms with Crippen LogP contribution in [0.3, 0.4) is 0 Å². The quantitative estimate of drug-likeness (QED) is 0.773. The highest BCUT2D eigenvalue weighted by Gasteiger charge is 2.17. The SMILES string of the molecule is CCC(CBr)Cn1ncc(N2CCC(C)CC2)cc1=O. The number of piperidine rings is 1. The molecule has 2 heterocycles. The van der Waals surface area contributed by atoms with Gasteiger partial charge in [-0.25, -0.2) is 4.68 Å². The van der Waals surface area contributed by atoms with Crippen LogP contribution < -0.4 is 10.5 Å². The van der Waals surface area contributed by atoms with E-state index < -0.39 is 0 Å². The number of alkyl halides is 1. The standard InChI is InChI=1S/C15H24BrN3O/c1-3-13(9-16)11-19-15(20)8-14(10-17-19)18-6-4-12(2)5-7-18/h8,10,12-13H,3-7,9,11H2,1-2H3. The predicted octanol–water partition coefficient (Wildman–Crippen LogP) is 2.90. The van der Waals surface area contributed by atoms with E-state index in [2.05, 4.69) is 39.8 Å². The van der Waals surface area contributed by atoms with Crippen LogP contribution in [0.2, 0.25) is 0 Å². The van der Waals surface area contributed by atoms with Crippen LogP contribution in [0.5, 0.6) is 0 Å². The average Bonchev–Trinajstić information content (AvgIpc) is 2.47. The lowest BCUT2D eigenvalue weighted by Gasteiger charge is -2.31. The average molecular weight is 342 g/mol. The highest BCUT2D eigenvalue weighted by atomic mass is 79.9. The van der Waals surface area contributed by atoms with Crippen LogP contribution in [0.25, 0.3) is 0 Å². The van der Waals surface area contributed by atoms with Crippen LogP contribution >= 0.6 is 15.9 Å². The van der Waals surface area contributed by atoms with Crippen molar-refractivity contribution in [3.63, 3.8) is 0 Å². The first-order chi connectivity index (χ1) is 9.63. The van der Waals surface area contributed by atoms with Crippen molar-refractivity contribution in [2.45, 2.75) is 39.7 Å². The van der Waals surface area contributed by atoms with E-state index in [1.54, 1.807) is 10.7 Å². The van der Waals surface area contributed by atoms with Gasteiger partial charge >= 0.3 is 0 Å². The minimum absolute atomic E-state index is 0.0144. The zero-order valence-corrected chi connectivity index (χ0v) is 14.0. The third-order valence-corrected chi connectivity index (χ3v) is 5.15. The summed E-state index contributed by atoms with van der Waals surface area (Å²) >= 11 is 3.49. The van der Waals surface area contributed by atoms with Crippen LogP contribution in [-0.2, 0) is 6.54 Å². The van der Waals surface area contributed by atoms with E-state index in [1.165, 1.54) is 12.8 Å². The molecule has 1 aromatic heterocycles. The Morgan fingerprint density at radius 1 is 1.45 bits per heavy atom. The first-order valence-electron chi connectivity index (χ1n) is 7.52. The van der Waals surface area contributed by atoms with Crippen molar-refractivity contribution in [3.8, 4) is 0 Å². The Balaban J connectivity index is 2.07. The van der Waals surface area contributed by atoms with E-state index in [1.807, 2.05) is 6.20 Å². The second-order valence-electron chi connectivity index (χ2n) is 5.83. The normalized spacial score (nSPS) is 18.2. The van der Waals surface area contributed by atoms with Gasteiger partial charge in [-0.15, -0.1) is 0 Å². The van der Waals surface area contributed by atoms with E-state index in [4.69, 9.17) is 0 Å². The third-order valence-electron chi connectivity index (χ3n) is 4.23. The maximum Gasteiger partial charge on any atom is 0.268 e. The van der Waals surface area contributed by atoms with Gasteiger partial charge in [0, 0.05) is 31.0 Å². The van der Waals surface area contributed by atoms with Gasteiger partial charge in [0.15, 0.2) is 0 Å². The minimum Gasteiger partial charge on any atom is -0.370 e. The minimum atomic E-state index is 0.0144.